The van der Waals surface area contributed by atoms with Gasteiger partial charge < -0.3 is 15.4 Å². The largest absolute Gasteiger partial charge is 0.383 e. The van der Waals surface area contributed by atoms with Gasteiger partial charge in [0.25, 0.3) is 0 Å². The van der Waals surface area contributed by atoms with Gasteiger partial charge in [-0.05, 0) is 29.3 Å². The Bertz CT molecular complexity index is 904. The molecule has 0 saturated heterocycles. The summed E-state index contributed by atoms with van der Waals surface area (Å²) in [4.78, 5) is 4.39. The van der Waals surface area contributed by atoms with E-state index >= 15 is 0 Å². The first-order valence-electron chi connectivity index (χ1n) is 8.71. The lowest BCUT2D eigenvalue weighted by molar-refractivity contribution is 0.204. The Morgan fingerprint density at radius 1 is 1.11 bits per heavy atom. The van der Waals surface area contributed by atoms with E-state index in [1.165, 1.54) is 7.11 Å². The molecule has 0 aliphatic rings. The zero-order chi connectivity index (χ0) is 20.4. The second kappa shape index (κ2) is 11.0. The van der Waals surface area contributed by atoms with Crippen molar-refractivity contribution in [2.24, 2.45) is 4.99 Å². The summed E-state index contributed by atoms with van der Waals surface area (Å²) >= 11 is 6.16. The van der Waals surface area contributed by atoms with Gasteiger partial charge in [0.1, 0.15) is 0 Å². The zero-order valence-corrected chi connectivity index (χ0v) is 17.5. The standard InChI is InChI=1S/C19H25ClN4O3S/c1-21-19(23-14-16-7-3-4-9-18(16)20)22-13-15-6-5-8-17(12-15)28(25,26)24-10-11-27-2/h3-9,12,24H,10-11,13-14H2,1-2H3,(H2,21,22,23). The molecule has 0 amide bonds. The molecule has 0 heterocycles. The third-order valence-electron chi connectivity index (χ3n) is 3.89. The molecule has 0 aliphatic carbocycles. The van der Waals surface area contributed by atoms with Gasteiger partial charge >= 0.3 is 0 Å². The Morgan fingerprint density at radius 2 is 1.86 bits per heavy atom. The molecule has 0 aromatic heterocycles. The van der Waals surface area contributed by atoms with Crippen LogP contribution in [0.1, 0.15) is 11.1 Å². The molecule has 2 aromatic carbocycles. The maximum Gasteiger partial charge on any atom is 0.240 e. The van der Waals surface area contributed by atoms with E-state index in [-0.39, 0.29) is 11.4 Å². The summed E-state index contributed by atoms with van der Waals surface area (Å²) in [6.07, 6.45) is 0. The Kier molecular flexibility index (Phi) is 8.72. The lowest BCUT2D eigenvalue weighted by Crippen LogP contribution is -2.36. The van der Waals surface area contributed by atoms with E-state index in [0.717, 1.165) is 11.1 Å². The number of sulfonamides is 1. The topological polar surface area (TPSA) is 91.8 Å². The molecule has 0 bridgehead atoms. The minimum absolute atomic E-state index is 0.210. The van der Waals surface area contributed by atoms with Crippen LogP contribution in [-0.2, 0) is 27.8 Å². The van der Waals surface area contributed by atoms with Gasteiger partial charge in [-0.2, -0.15) is 0 Å². The lowest BCUT2D eigenvalue weighted by atomic mass is 10.2. The Morgan fingerprint density at radius 3 is 2.57 bits per heavy atom. The summed E-state index contributed by atoms with van der Waals surface area (Å²) in [5, 5.41) is 7.04. The van der Waals surface area contributed by atoms with E-state index in [9.17, 15) is 8.42 Å². The fraction of sp³-hybridized carbons (Fsp3) is 0.316. The summed E-state index contributed by atoms with van der Waals surface area (Å²) in [6, 6.07) is 14.3. The molecule has 9 heteroatoms. The molecule has 0 aliphatic heterocycles. The molecule has 0 spiro atoms. The van der Waals surface area contributed by atoms with Gasteiger partial charge in [-0.3, -0.25) is 4.99 Å². The Hall–Kier alpha value is -2.13. The smallest absolute Gasteiger partial charge is 0.240 e. The third-order valence-corrected chi connectivity index (χ3v) is 5.72. The number of guanidine groups is 1. The highest BCUT2D eigenvalue weighted by Crippen LogP contribution is 2.14. The second-order valence-corrected chi connectivity index (χ2v) is 8.08. The van der Waals surface area contributed by atoms with E-state index in [1.807, 2.05) is 30.3 Å². The highest BCUT2D eigenvalue weighted by atomic mass is 35.5. The normalized spacial score (nSPS) is 12.0. The second-order valence-electron chi connectivity index (χ2n) is 5.91. The van der Waals surface area contributed by atoms with Crippen LogP contribution in [0.15, 0.2) is 58.4 Å². The van der Waals surface area contributed by atoms with Crippen LogP contribution in [0.4, 0.5) is 0 Å². The van der Waals surface area contributed by atoms with Crippen molar-refractivity contribution in [3.63, 3.8) is 0 Å². The number of nitrogens with one attached hydrogen (secondary N) is 3. The predicted molar refractivity (Wildman–Crippen MR) is 112 cm³/mol. The molecule has 0 unspecified atom stereocenters. The number of halogens is 1. The quantitative estimate of drug-likeness (QED) is 0.326. The summed E-state index contributed by atoms with van der Waals surface area (Å²) in [5.41, 5.74) is 1.78. The van der Waals surface area contributed by atoms with Crippen molar-refractivity contribution in [2.45, 2.75) is 18.0 Å². The van der Waals surface area contributed by atoms with Crippen LogP contribution in [0.2, 0.25) is 5.02 Å². The maximum absolute atomic E-state index is 12.3. The van der Waals surface area contributed by atoms with Gasteiger partial charge in [-0.15, -0.1) is 0 Å². The number of aliphatic imine (C=N–C) groups is 1. The number of ether oxygens (including phenoxy) is 1. The highest BCUT2D eigenvalue weighted by molar-refractivity contribution is 7.89. The van der Waals surface area contributed by atoms with Crippen molar-refractivity contribution < 1.29 is 13.2 Å². The monoisotopic (exact) mass is 424 g/mol. The van der Waals surface area contributed by atoms with Crippen LogP contribution in [0.5, 0.6) is 0 Å². The molecule has 0 fully saturated rings. The molecule has 152 valence electrons. The van der Waals surface area contributed by atoms with E-state index < -0.39 is 10.0 Å². The maximum atomic E-state index is 12.3. The fourth-order valence-electron chi connectivity index (χ4n) is 2.41. The average Bonchev–Trinajstić information content (AvgIpc) is 2.69. The summed E-state index contributed by atoms with van der Waals surface area (Å²) < 4.78 is 32.0. The third kappa shape index (κ3) is 6.79. The van der Waals surface area contributed by atoms with E-state index in [2.05, 4.69) is 20.3 Å². The molecule has 0 saturated carbocycles. The van der Waals surface area contributed by atoms with Gasteiger partial charge in [0.05, 0.1) is 11.5 Å². The number of hydrogen-bond acceptors (Lipinski definition) is 4. The first kappa shape index (κ1) is 22.2. The van der Waals surface area contributed by atoms with E-state index in [4.69, 9.17) is 16.3 Å². The van der Waals surface area contributed by atoms with Crippen molar-refractivity contribution in [1.82, 2.24) is 15.4 Å². The summed E-state index contributed by atoms with van der Waals surface area (Å²) in [7, 11) is -0.378. The van der Waals surface area contributed by atoms with E-state index in [0.29, 0.717) is 30.7 Å². The van der Waals surface area contributed by atoms with Gasteiger partial charge in [0.15, 0.2) is 5.96 Å². The lowest BCUT2D eigenvalue weighted by Gasteiger charge is -2.13. The molecular formula is C19H25ClN4O3S. The fourth-order valence-corrected chi connectivity index (χ4v) is 3.70. The Labute approximate surface area is 171 Å². The molecule has 28 heavy (non-hydrogen) atoms. The van der Waals surface area contributed by atoms with Crippen molar-refractivity contribution in [2.75, 3.05) is 27.3 Å². The molecule has 7 nitrogen and oxygen atoms in total. The number of benzene rings is 2. The average molecular weight is 425 g/mol. The van der Waals surface area contributed by atoms with Crippen LogP contribution in [0.25, 0.3) is 0 Å². The van der Waals surface area contributed by atoms with Crippen LogP contribution >= 0.6 is 11.6 Å². The predicted octanol–water partition coefficient (Wildman–Crippen LogP) is 2.13. The number of methoxy groups -OCH3 is 1. The molecule has 2 rings (SSSR count). The first-order valence-corrected chi connectivity index (χ1v) is 10.6. The van der Waals surface area contributed by atoms with Gasteiger partial charge in [-0.25, -0.2) is 13.1 Å². The van der Waals surface area contributed by atoms with Crippen molar-refractivity contribution in [3.8, 4) is 0 Å². The molecule has 3 N–H and O–H groups in total. The van der Waals surface area contributed by atoms with Crippen LogP contribution in [0.3, 0.4) is 0 Å². The van der Waals surface area contributed by atoms with Crippen molar-refractivity contribution in [3.05, 3.63) is 64.7 Å². The zero-order valence-electron chi connectivity index (χ0n) is 15.9. The van der Waals surface area contributed by atoms with Crippen molar-refractivity contribution in [1.29, 1.82) is 0 Å². The van der Waals surface area contributed by atoms with E-state index in [1.54, 1.807) is 25.2 Å². The van der Waals surface area contributed by atoms with Crippen LogP contribution < -0.4 is 15.4 Å². The SMILES string of the molecule is CN=C(NCc1cccc(S(=O)(=O)NCCOC)c1)NCc1ccccc1Cl. The highest BCUT2D eigenvalue weighted by Gasteiger charge is 2.13. The van der Waals surface area contributed by atoms with Gasteiger partial charge in [0, 0.05) is 38.8 Å². The van der Waals surface area contributed by atoms with Gasteiger partial charge in [0.2, 0.25) is 10.0 Å². The molecule has 2 aromatic rings. The number of rotatable bonds is 9. The van der Waals surface area contributed by atoms with Gasteiger partial charge in [-0.1, -0.05) is 41.9 Å². The minimum Gasteiger partial charge on any atom is -0.383 e. The molecular weight excluding hydrogens is 400 g/mol. The minimum atomic E-state index is -3.57. The summed E-state index contributed by atoms with van der Waals surface area (Å²) in [6.45, 7) is 1.48. The first-order chi connectivity index (χ1) is 13.5. The summed E-state index contributed by atoms with van der Waals surface area (Å²) in [5.74, 6) is 0.589. The molecule has 0 radical (unpaired) electrons. The van der Waals surface area contributed by atoms with Crippen LogP contribution in [0, 0.1) is 0 Å². The van der Waals surface area contributed by atoms with Crippen LogP contribution in [-0.4, -0.2) is 41.7 Å². The Balaban J connectivity index is 1.95. The number of hydrogen-bond donors (Lipinski definition) is 3. The number of nitrogens with zero attached hydrogens (tertiary/aromatic N) is 1. The van der Waals surface area contributed by atoms with Crippen molar-refractivity contribution >= 4 is 27.6 Å². The molecule has 0 atom stereocenters.